The second kappa shape index (κ2) is 6.68. The standard InChI is InChI=1S/C17H19BrN4O/c1-21-7-5-12(6-8-21)13-3-4-16(19-10-13)20-15-9-14(18)11-22(2)17(15)23/h3-5,9-11H,6-8H2,1-2H3,(H,19,20). The summed E-state index contributed by atoms with van der Waals surface area (Å²) in [7, 11) is 3.85. The Kier molecular flexibility index (Phi) is 4.63. The predicted octanol–water partition coefficient (Wildman–Crippen LogP) is 3.01. The van der Waals surface area contributed by atoms with E-state index >= 15 is 0 Å². The van der Waals surface area contributed by atoms with Crippen LogP contribution in [0.1, 0.15) is 12.0 Å². The molecule has 0 aliphatic carbocycles. The molecule has 3 heterocycles. The number of aryl methyl sites for hydroxylation is 1. The highest BCUT2D eigenvalue weighted by Gasteiger charge is 2.10. The summed E-state index contributed by atoms with van der Waals surface area (Å²) in [6.45, 7) is 2.04. The number of aromatic nitrogens is 2. The molecule has 0 saturated carbocycles. The summed E-state index contributed by atoms with van der Waals surface area (Å²) >= 11 is 3.40. The summed E-state index contributed by atoms with van der Waals surface area (Å²) in [6, 6.07) is 5.72. The Hall–Kier alpha value is -1.92. The minimum atomic E-state index is -0.0860. The predicted molar refractivity (Wildman–Crippen MR) is 97.0 cm³/mol. The Balaban J connectivity index is 1.80. The topological polar surface area (TPSA) is 50.2 Å². The van der Waals surface area contributed by atoms with Crippen molar-refractivity contribution < 1.29 is 0 Å². The molecule has 1 aliphatic rings. The van der Waals surface area contributed by atoms with Crippen molar-refractivity contribution in [1.29, 1.82) is 0 Å². The highest BCUT2D eigenvalue weighted by molar-refractivity contribution is 9.10. The molecule has 1 N–H and O–H groups in total. The van der Waals surface area contributed by atoms with E-state index in [0.29, 0.717) is 11.5 Å². The maximum Gasteiger partial charge on any atom is 0.274 e. The van der Waals surface area contributed by atoms with Crippen LogP contribution in [0.2, 0.25) is 0 Å². The molecule has 5 nitrogen and oxygen atoms in total. The highest BCUT2D eigenvalue weighted by atomic mass is 79.9. The third kappa shape index (κ3) is 3.71. The molecule has 3 rings (SSSR count). The molecule has 0 radical (unpaired) electrons. The number of likely N-dealkylation sites (N-methyl/N-ethyl adjacent to an activating group) is 1. The van der Waals surface area contributed by atoms with Gasteiger partial charge < -0.3 is 14.8 Å². The smallest absolute Gasteiger partial charge is 0.274 e. The molecule has 0 aromatic carbocycles. The fourth-order valence-corrected chi connectivity index (χ4v) is 3.12. The first-order valence-corrected chi connectivity index (χ1v) is 8.29. The zero-order valence-corrected chi connectivity index (χ0v) is 14.8. The number of halogens is 1. The second-order valence-electron chi connectivity index (χ2n) is 5.79. The first-order valence-electron chi connectivity index (χ1n) is 7.50. The van der Waals surface area contributed by atoms with Crippen LogP contribution < -0.4 is 10.9 Å². The summed E-state index contributed by atoms with van der Waals surface area (Å²) in [5, 5.41) is 3.09. The SMILES string of the molecule is CN1CC=C(c2ccc(Nc3cc(Br)cn(C)c3=O)nc2)CC1. The maximum absolute atomic E-state index is 12.1. The number of rotatable bonds is 3. The van der Waals surface area contributed by atoms with E-state index in [9.17, 15) is 4.79 Å². The van der Waals surface area contributed by atoms with Crippen molar-refractivity contribution in [2.24, 2.45) is 7.05 Å². The molecular formula is C17H19BrN4O. The molecule has 120 valence electrons. The van der Waals surface area contributed by atoms with Gasteiger partial charge in [-0.25, -0.2) is 4.98 Å². The summed E-state index contributed by atoms with van der Waals surface area (Å²) in [6.07, 6.45) is 6.88. The Morgan fingerprint density at radius 1 is 1.30 bits per heavy atom. The van der Waals surface area contributed by atoms with Gasteiger partial charge in [-0.1, -0.05) is 6.08 Å². The van der Waals surface area contributed by atoms with E-state index in [4.69, 9.17) is 0 Å². The molecule has 0 unspecified atom stereocenters. The number of hydrogen-bond donors (Lipinski definition) is 1. The number of nitrogens with zero attached hydrogens (tertiary/aromatic N) is 3. The molecule has 0 spiro atoms. The summed E-state index contributed by atoms with van der Waals surface area (Å²) in [5.41, 5.74) is 2.89. The van der Waals surface area contributed by atoms with Gasteiger partial charge in [0.05, 0.1) is 0 Å². The Morgan fingerprint density at radius 2 is 2.13 bits per heavy atom. The molecule has 6 heteroatoms. The average Bonchev–Trinajstić information content (AvgIpc) is 2.54. The summed E-state index contributed by atoms with van der Waals surface area (Å²) < 4.78 is 2.37. The molecular weight excluding hydrogens is 356 g/mol. The first-order chi connectivity index (χ1) is 11.0. The van der Waals surface area contributed by atoms with Gasteiger partial charge in [0.25, 0.3) is 5.56 Å². The average molecular weight is 375 g/mol. The minimum absolute atomic E-state index is 0.0860. The van der Waals surface area contributed by atoms with Crippen LogP contribution in [0.15, 0.2) is 45.9 Å². The second-order valence-corrected chi connectivity index (χ2v) is 6.70. The van der Waals surface area contributed by atoms with Crippen molar-refractivity contribution in [3.63, 3.8) is 0 Å². The van der Waals surface area contributed by atoms with Gasteiger partial charge in [0.15, 0.2) is 0 Å². The van der Waals surface area contributed by atoms with Gasteiger partial charge in [0.2, 0.25) is 0 Å². The van der Waals surface area contributed by atoms with Crippen molar-refractivity contribution >= 4 is 33.0 Å². The number of anilines is 2. The van der Waals surface area contributed by atoms with Gasteiger partial charge in [-0.2, -0.15) is 0 Å². The third-order valence-electron chi connectivity index (χ3n) is 3.96. The van der Waals surface area contributed by atoms with Crippen molar-refractivity contribution in [2.45, 2.75) is 6.42 Å². The van der Waals surface area contributed by atoms with Crippen LogP contribution in [0.25, 0.3) is 5.57 Å². The molecule has 0 bridgehead atoms. The van der Waals surface area contributed by atoms with Crippen LogP contribution in [-0.2, 0) is 7.05 Å². The molecule has 2 aromatic heterocycles. The van der Waals surface area contributed by atoms with E-state index in [2.05, 4.69) is 50.3 Å². The van der Waals surface area contributed by atoms with Gasteiger partial charge >= 0.3 is 0 Å². The molecule has 0 fully saturated rings. The molecule has 0 atom stereocenters. The van der Waals surface area contributed by atoms with E-state index in [-0.39, 0.29) is 5.56 Å². The first kappa shape index (κ1) is 16.0. The van der Waals surface area contributed by atoms with E-state index in [0.717, 1.165) is 29.5 Å². The normalized spacial score (nSPS) is 15.3. The van der Waals surface area contributed by atoms with Crippen molar-refractivity contribution in [1.82, 2.24) is 14.5 Å². The zero-order chi connectivity index (χ0) is 16.4. The molecule has 2 aromatic rings. The Labute approximate surface area is 143 Å². The van der Waals surface area contributed by atoms with E-state index in [1.807, 2.05) is 12.3 Å². The van der Waals surface area contributed by atoms with Gasteiger partial charge in [0, 0.05) is 37.0 Å². The number of hydrogen-bond acceptors (Lipinski definition) is 4. The third-order valence-corrected chi connectivity index (χ3v) is 4.39. The lowest BCUT2D eigenvalue weighted by Crippen LogP contribution is -2.23. The van der Waals surface area contributed by atoms with E-state index < -0.39 is 0 Å². The molecule has 1 aliphatic heterocycles. The van der Waals surface area contributed by atoms with Crippen LogP contribution in [0.5, 0.6) is 0 Å². The van der Waals surface area contributed by atoms with Gasteiger partial charge in [-0.05, 0) is 58.7 Å². The lowest BCUT2D eigenvalue weighted by Gasteiger charge is -2.22. The van der Waals surface area contributed by atoms with Crippen LogP contribution in [-0.4, -0.2) is 34.6 Å². The molecule has 0 saturated heterocycles. The fourth-order valence-electron chi connectivity index (χ4n) is 2.59. The quantitative estimate of drug-likeness (QED) is 0.896. The van der Waals surface area contributed by atoms with Gasteiger partial charge in [0.1, 0.15) is 11.5 Å². The van der Waals surface area contributed by atoms with E-state index in [1.54, 1.807) is 19.3 Å². The van der Waals surface area contributed by atoms with Crippen molar-refractivity contribution in [2.75, 3.05) is 25.5 Å². The Morgan fingerprint density at radius 3 is 2.78 bits per heavy atom. The van der Waals surface area contributed by atoms with Gasteiger partial charge in [-0.3, -0.25) is 4.79 Å². The van der Waals surface area contributed by atoms with Gasteiger partial charge in [-0.15, -0.1) is 0 Å². The van der Waals surface area contributed by atoms with Crippen LogP contribution in [0.4, 0.5) is 11.5 Å². The Bertz CT molecular complexity index is 795. The molecule has 0 amide bonds. The number of pyridine rings is 2. The minimum Gasteiger partial charge on any atom is -0.336 e. The van der Waals surface area contributed by atoms with Crippen LogP contribution in [0, 0.1) is 0 Å². The number of nitrogens with one attached hydrogen (secondary N) is 1. The largest absolute Gasteiger partial charge is 0.336 e. The van der Waals surface area contributed by atoms with Crippen LogP contribution in [0.3, 0.4) is 0 Å². The molecule has 23 heavy (non-hydrogen) atoms. The zero-order valence-electron chi connectivity index (χ0n) is 13.2. The lowest BCUT2D eigenvalue weighted by atomic mass is 10.0. The summed E-state index contributed by atoms with van der Waals surface area (Å²) in [4.78, 5) is 18.8. The van der Waals surface area contributed by atoms with Crippen molar-refractivity contribution in [3.05, 3.63) is 57.1 Å². The summed E-state index contributed by atoms with van der Waals surface area (Å²) in [5.74, 6) is 0.664. The van der Waals surface area contributed by atoms with E-state index in [1.165, 1.54) is 10.1 Å². The van der Waals surface area contributed by atoms with Crippen LogP contribution >= 0.6 is 15.9 Å². The lowest BCUT2D eigenvalue weighted by molar-refractivity contribution is 0.370. The fraction of sp³-hybridized carbons (Fsp3) is 0.294. The monoisotopic (exact) mass is 374 g/mol. The maximum atomic E-state index is 12.1. The highest BCUT2D eigenvalue weighted by Crippen LogP contribution is 2.23. The van der Waals surface area contributed by atoms with Crippen molar-refractivity contribution in [3.8, 4) is 0 Å².